The molecule has 2 aromatic rings. The van der Waals surface area contributed by atoms with Crippen molar-refractivity contribution in [3.63, 3.8) is 0 Å². The van der Waals surface area contributed by atoms with Crippen molar-refractivity contribution in [2.45, 2.75) is 32.3 Å². The number of rotatable bonds is 5. The van der Waals surface area contributed by atoms with Gasteiger partial charge < -0.3 is 15.2 Å². The van der Waals surface area contributed by atoms with Gasteiger partial charge in [0.05, 0.1) is 30.2 Å². The molecular weight excluding hydrogens is 358 g/mol. The van der Waals surface area contributed by atoms with Crippen LogP contribution >= 0.6 is 0 Å². The van der Waals surface area contributed by atoms with Crippen LogP contribution in [0.3, 0.4) is 0 Å². The van der Waals surface area contributed by atoms with Crippen LogP contribution in [0.4, 0.5) is 11.6 Å². The highest BCUT2D eigenvalue weighted by molar-refractivity contribution is 6.00. The van der Waals surface area contributed by atoms with Crippen LogP contribution in [-0.2, 0) is 9.53 Å². The number of pyridine rings is 1. The smallest absolute Gasteiger partial charge is 0.247 e. The number of nitrogens with one attached hydrogen (secondary N) is 1. The number of fused-ring (bicyclic) bond motifs is 1. The molecule has 1 atom stereocenters. The van der Waals surface area contributed by atoms with E-state index in [4.69, 9.17) is 9.72 Å². The van der Waals surface area contributed by atoms with Crippen LogP contribution in [0.2, 0.25) is 0 Å². The fourth-order valence-corrected chi connectivity index (χ4v) is 3.59. The molecule has 4 heterocycles. The molecule has 152 valence electrons. The Hall–Kier alpha value is -2.58. The zero-order valence-corrected chi connectivity index (χ0v) is 16.0. The zero-order valence-electron chi connectivity index (χ0n) is 16.0. The van der Waals surface area contributed by atoms with Crippen molar-refractivity contribution in [3.8, 4) is 11.3 Å². The van der Waals surface area contributed by atoms with Gasteiger partial charge in [0.25, 0.3) is 0 Å². The van der Waals surface area contributed by atoms with Gasteiger partial charge in [-0.3, -0.25) is 14.7 Å². The quantitative estimate of drug-likeness (QED) is 0.813. The highest BCUT2D eigenvalue weighted by atomic mass is 16.5. The zero-order chi connectivity index (χ0) is 19.5. The number of hydrogen-bond acceptors (Lipinski definition) is 7. The van der Waals surface area contributed by atoms with Gasteiger partial charge in [-0.1, -0.05) is 0 Å². The van der Waals surface area contributed by atoms with Crippen molar-refractivity contribution >= 4 is 17.5 Å². The van der Waals surface area contributed by atoms with Crippen molar-refractivity contribution in [2.24, 2.45) is 5.92 Å². The molecule has 28 heavy (non-hydrogen) atoms. The van der Waals surface area contributed by atoms with Gasteiger partial charge >= 0.3 is 0 Å². The van der Waals surface area contributed by atoms with Gasteiger partial charge in [-0.25, -0.2) is 9.97 Å². The number of aliphatic hydroxyl groups is 1. The third-order valence-corrected chi connectivity index (χ3v) is 5.33. The minimum absolute atomic E-state index is 0. The summed E-state index contributed by atoms with van der Waals surface area (Å²) in [5.74, 6) is 1.78. The Morgan fingerprint density at radius 1 is 1.32 bits per heavy atom. The highest BCUT2D eigenvalue weighted by Crippen LogP contribution is 2.30. The van der Waals surface area contributed by atoms with Crippen LogP contribution in [0.25, 0.3) is 11.3 Å². The molecule has 0 aromatic carbocycles. The van der Waals surface area contributed by atoms with Crippen molar-refractivity contribution < 1.29 is 17.5 Å². The molecule has 1 amide bonds. The van der Waals surface area contributed by atoms with E-state index in [2.05, 4.69) is 15.3 Å². The van der Waals surface area contributed by atoms with Crippen molar-refractivity contribution in [1.29, 1.82) is 0 Å². The Kier molecular flexibility index (Phi) is 5.50. The van der Waals surface area contributed by atoms with Gasteiger partial charge in [-0.2, -0.15) is 0 Å². The maximum Gasteiger partial charge on any atom is 0.247 e. The van der Waals surface area contributed by atoms with Gasteiger partial charge in [0.2, 0.25) is 5.91 Å². The minimum atomic E-state index is -0.619. The lowest BCUT2D eigenvalue weighted by atomic mass is 9.96. The first kappa shape index (κ1) is 18.8. The normalized spacial score (nSPS) is 18.5. The molecule has 8 heteroatoms. The topological polar surface area (TPSA) is 100 Å². The number of amides is 1. The highest BCUT2D eigenvalue weighted by Gasteiger charge is 2.28. The minimum Gasteiger partial charge on any atom is -0.387 e. The van der Waals surface area contributed by atoms with Crippen molar-refractivity contribution in [2.75, 3.05) is 36.5 Å². The van der Waals surface area contributed by atoms with Crippen LogP contribution in [0.15, 0.2) is 24.5 Å². The summed E-state index contributed by atoms with van der Waals surface area (Å²) in [5.41, 5.74) is 2.04. The standard InChI is InChI=1S/C20H25N5O3.2H2/c1-13(26)16-3-2-15(10-21-16)17-11-22-19-20(24-17)25(18(27)12-23-19)7-4-14-5-8-28-9-6-14;;/h2-3,10-11,13-14,26H,4-9,12H2,1H3,(H,22,23);2*1H/t13-;;/m0../s1. The van der Waals surface area contributed by atoms with Gasteiger partial charge in [-0.05, 0) is 44.2 Å². The van der Waals surface area contributed by atoms with E-state index in [-0.39, 0.29) is 15.3 Å². The fraction of sp³-hybridized carbons (Fsp3) is 0.500. The summed E-state index contributed by atoms with van der Waals surface area (Å²) in [6.07, 6.45) is 5.75. The summed E-state index contributed by atoms with van der Waals surface area (Å²) < 4.78 is 5.42. The molecule has 4 rings (SSSR count). The number of aromatic nitrogens is 3. The molecule has 2 N–H and O–H groups in total. The Labute approximate surface area is 166 Å². The van der Waals surface area contributed by atoms with Crippen LogP contribution in [0.5, 0.6) is 0 Å². The first-order chi connectivity index (χ1) is 13.6. The summed E-state index contributed by atoms with van der Waals surface area (Å²) in [7, 11) is 0. The number of carbonyl (C=O) groups is 1. The van der Waals surface area contributed by atoms with Gasteiger partial charge in [-0.15, -0.1) is 0 Å². The van der Waals surface area contributed by atoms with E-state index in [1.54, 1.807) is 30.3 Å². The first-order valence-electron chi connectivity index (χ1n) is 9.75. The lowest BCUT2D eigenvalue weighted by molar-refractivity contribution is -0.117. The molecule has 0 bridgehead atoms. The Morgan fingerprint density at radius 3 is 2.86 bits per heavy atom. The van der Waals surface area contributed by atoms with E-state index in [1.807, 2.05) is 6.07 Å². The average Bonchev–Trinajstić information content (AvgIpc) is 2.73. The molecule has 0 aliphatic carbocycles. The molecule has 2 aliphatic heterocycles. The lowest BCUT2D eigenvalue weighted by Gasteiger charge is -2.30. The molecule has 8 nitrogen and oxygen atoms in total. The molecule has 0 spiro atoms. The molecule has 2 aliphatic rings. The first-order valence-corrected chi connectivity index (χ1v) is 9.75. The third kappa shape index (κ3) is 3.98. The molecule has 0 unspecified atom stereocenters. The second kappa shape index (κ2) is 8.20. The van der Waals surface area contributed by atoms with Gasteiger partial charge in [0.1, 0.15) is 0 Å². The largest absolute Gasteiger partial charge is 0.387 e. The Bertz CT molecular complexity index is 845. The van der Waals surface area contributed by atoms with Crippen LogP contribution < -0.4 is 10.2 Å². The number of nitrogens with zero attached hydrogens (tertiary/aromatic N) is 4. The Balaban J connectivity index is 0.00000160. The summed E-state index contributed by atoms with van der Waals surface area (Å²) >= 11 is 0. The van der Waals surface area contributed by atoms with Crippen LogP contribution in [-0.4, -0.2) is 52.3 Å². The number of carbonyl (C=O) groups excluding carboxylic acids is 1. The second-order valence-corrected chi connectivity index (χ2v) is 7.32. The SMILES string of the molecule is C[C@H](O)c1ccc(-c2cnc3c(n2)N(CCC2CCOCC2)C(=O)CN3)cn1.[HH].[HH]. The Morgan fingerprint density at radius 2 is 2.14 bits per heavy atom. The number of aliphatic hydroxyl groups excluding tert-OH is 1. The molecule has 0 radical (unpaired) electrons. The number of anilines is 2. The monoisotopic (exact) mass is 387 g/mol. The van der Waals surface area contributed by atoms with E-state index >= 15 is 0 Å². The average molecular weight is 387 g/mol. The molecule has 0 saturated carbocycles. The van der Waals surface area contributed by atoms with E-state index in [0.717, 1.165) is 38.0 Å². The summed E-state index contributed by atoms with van der Waals surface area (Å²) in [4.78, 5) is 27.7. The molecular formula is C20H29N5O3. The maximum absolute atomic E-state index is 12.5. The lowest BCUT2D eigenvalue weighted by Crippen LogP contribution is -2.42. The van der Waals surface area contributed by atoms with Crippen LogP contribution in [0.1, 0.15) is 40.8 Å². The van der Waals surface area contributed by atoms with Gasteiger partial charge in [0, 0.05) is 34.4 Å². The number of ether oxygens (including phenoxy) is 1. The fourth-order valence-electron chi connectivity index (χ4n) is 3.59. The number of hydrogen-bond donors (Lipinski definition) is 2. The van der Waals surface area contributed by atoms with Crippen molar-refractivity contribution in [1.82, 2.24) is 15.0 Å². The van der Waals surface area contributed by atoms with E-state index < -0.39 is 6.10 Å². The molecule has 1 saturated heterocycles. The van der Waals surface area contributed by atoms with E-state index in [1.165, 1.54) is 0 Å². The summed E-state index contributed by atoms with van der Waals surface area (Å²) in [6, 6.07) is 3.63. The summed E-state index contributed by atoms with van der Waals surface area (Å²) in [5, 5.41) is 12.7. The molecule has 1 fully saturated rings. The molecule has 2 aromatic heterocycles. The predicted molar refractivity (Wildman–Crippen MR) is 109 cm³/mol. The van der Waals surface area contributed by atoms with Crippen LogP contribution in [0, 0.1) is 5.92 Å². The summed E-state index contributed by atoms with van der Waals surface area (Å²) in [6.45, 7) is 4.15. The second-order valence-electron chi connectivity index (χ2n) is 7.32. The maximum atomic E-state index is 12.5. The predicted octanol–water partition coefficient (Wildman–Crippen LogP) is 2.66. The van der Waals surface area contributed by atoms with E-state index in [0.29, 0.717) is 35.5 Å². The van der Waals surface area contributed by atoms with Crippen molar-refractivity contribution in [3.05, 3.63) is 30.2 Å². The van der Waals surface area contributed by atoms with E-state index in [9.17, 15) is 9.90 Å². The third-order valence-electron chi connectivity index (χ3n) is 5.33. The van der Waals surface area contributed by atoms with Gasteiger partial charge in [0.15, 0.2) is 11.6 Å².